The first kappa shape index (κ1) is 18.8. The van der Waals surface area contributed by atoms with Gasteiger partial charge in [-0.3, -0.25) is 14.9 Å². The molecule has 1 atom stereocenters. The highest BCUT2D eigenvalue weighted by Gasteiger charge is 2.17. The van der Waals surface area contributed by atoms with E-state index in [2.05, 4.69) is 10.6 Å². The number of halogens is 3. The number of carbonyl (C=O) groups excluding carboxylic acids is 1. The number of hydrogen-bond acceptors (Lipinski definition) is 4. The second-order valence-electron chi connectivity index (χ2n) is 5.24. The van der Waals surface area contributed by atoms with E-state index in [9.17, 15) is 23.7 Å². The SMILES string of the molecule is C[C@@H](NCC(=O)Nc1ccc(Cl)cc1[N+](=O)[O-])c1ccc(F)cc1F. The second-order valence-corrected chi connectivity index (χ2v) is 5.67. The number of benzene rings is 2. The molecule has 0 bridgehead atoms. The molecule has 0 aliphatic heterocycles. The molecule has 0 aliphatic rings. The molecular formula is C16H14ClF2N3O3. The number of nitrogens with one attached hydrogen (secondary N) is 2. The summed E-state index contributed by atoms with van der Waals surface area (Å²) in [5, 5.41) is 16.3. The number of amides is 1. The van der Waals surface area contributed by atoms with Crippen molar-refractivity contribution in [1.29, 1.82) is 0 Å². The van der Waals surface area contributed by atoms with E-state index in [0.29, 0.717) is 0 Å². The number of carbonyl (C=O) groups is 1. The van der Waals surface area contributed by atoms with Gasteiger partial charge >= 0.3 is 0 Å². The lowest BCUT2D eigenvalue weighted by molar-refractivity contribution is -0.383. The van der Waals surface area contributed by atoms with Gasteiger partial charge in [0, 0.05) is 28.8 Å². The fourth-order valence-electron chi connectivity index (χ4n) is 2.16. The van der Waals surface area contributed by atoms with E-state index in [1.54, 1.807) is 6.92 Å². The predicted molar refractivity (Wildman–Crippen MR) is 89.5 cm³/mol. The van der Waals surface area contributed by atoms with Crippen LogP contribution >= 0.6 is 11.6 Å². The average Bonchev–Trinajstić information content (AvgIpc) is 2.54. The minimum atomic E-state index is -0.728. The summed E-state index contributed by atoms with van der Waals surface area (Å²) in [4.78, 5) is 22.3. The van der Waals surface area contributed by atoms with Gasteiger partial charge in [-0.2, -0.15) is 0 Å². The maximum atomic E-state index is 13.7. The van der Waals surface area contributed by atoms with Crippen LogP contribution in [0.4, 0.5) is 20.2 Å². The van der Waals surface area contributed by atoms with Gasteiger partial charge in [-0.1, -0.05) is 17.7 Å². The molecule has 0 fully saturated rings. The van der Waals surface area contributed by atoms with Crippen LogP contribution in [0.15, 0.2) is 36.4 Å². The van der Waals surface area contributed by atoms with E-state index >= 15 is 0 Å². The Morgan fingerprint density at radius 1 is 1.28 bits per heavy atom. The van der Waals surface area contributed by atoms with Crippen molar-refractivity contribution in [3.63, 3.8) is 0 Å². The van der Waals surface area contributed by atoms with E-state index in [1.165, 1.54) is 18.2 Å². The lowest BCUT2D eigenvalue weighted by atomic mass is 10.1. The van der Waals surface area contributed by atoms with Crippen LogP contribution < -0.4 is 10.6 Å². The van der Waals surface area contributed by atoms with Crippen molar-refractivity contribution in [3.05, 3.63) is 68.7 Å². The molecule has 132 valence electrons. The van der Waals surface area contributed by atoms with Gasteiger partial charge in [-0.05, 0) is 25.1 Å². The van der Waals surface area contributed by atoms with Gasteiger partial charge in [0.05, 0.1) is 11.5 Å². The first-order chi connectivity index (χ1) is 11.8. The first-order valence-electron chi connectivity index (χ1n) is 7.20. The van der Waals surface area contributed by atoms with Crippen LogP contribution in [0.3, 0.4) is 0 Å². The van der Waals surface area contributed by atoms with Crippen LogP contribution in [0.1, 0.15) is 18.5 Å². The number of hydrogen-bond donors (Lipinski definition) is 2. The zero-order chi connectivity index (χ0) is 18.6. The lowest BCUT2D eigenvalue weighted by Gasteiger charge is -2.15. The average molecular weight is 370 g/mol. The van der Waals surface area contributed by atoms with Crippen LogP contribution in [0.2, 0.25) is 5.02 Å². The van der Waals surface area contributed by atoms with Gasteiger partial charge in [0.1, 0.15) is 17.3 Å². The van der Waals surface area contributed by atoms with E-state index in [1.807, 2.05) is 0 Å². The number of rotatable bonds is 6. The van der Waals surface area contributed by atoms with Gasteiger partial charge in [0.25, 0.3) is 5.69 Å². The van der Waals surface area contributed by atoms with Crippen LogP contribution in [0.25, 0.3) is 0 Å². The van der Waals surface area contributed by atoms with E-state index in [4.69, 9.17) is 11.6 Å². The smallest absolute Gasteiger partial charge is 0.294 e. The van der Waals surface area contributed by atoms with Crippen molar-refractivity contribution in [2.24, 2.45) is 0 Å². The predicted octanol–water partition coefficient (Wildman–Crippen LogP) is 3.82. The number of nitro groups is 1. The maximum Gasteiger partial charge on any atom is 0.294 e. The summed E-state index contributed by atoms with van der Waals surface area (Å²) in [5.74, 6) is -1.98. The molecule has 1 amide bonds. The molecule has 0 aromatic heterocycles. The van der Waals surface area contributed by atoms with Crippen molar-refractivity contribution in [2.75, 3.05) is 11.9 Å². The molecule has 0 radical (unpaired) electrons. The molecular weight excluding hydrogens is 356 g/mol. The van der Waals surface area contributed by atoms with Crippen LogP contribution in [0.5, 0.6) is 0 Å². The molecule has 25 heavy (non-hydrogen) atoms. The van der Waals surface area contributed by atoms with Crippen LogP contribution in [-0.2, 0) is 4.79 Å². The van der Waals surface area contributed by atoms with E-state index in [-0.39, 0.29) is 28.5 Å². The molecule has 2 rings (SSSR count). The molecule has 6 nitrogen and oxygen atoms in total. The van der Waals surface area contributed by atoms with Gasteiger partial charge in [-0.15, -0.1) is 0 Å². The molecule has 2 aromatic carbocycles. The molecule has 0 heterocycles. The Balaban J connectivity index is 2.00. The molecule has 0 spiro atoms. The van der Waals surface area contributed by atoms with Crippen molar-refractivity contribution in [1.82, 2.24) is 5.32 Å². The Kier molecular flexibility index (Phi) is 6.00. The first-order valence-corrected chi connectivity index (χ1v) is 7.58. The Morgan fingerprint density at radius 3 is 2.64 bits per heavy atom. The highest BCUT2D eigenvalue weighted by Crippen LogP contribution is 2.27. The number of nitro benzene ring substituents is 1. The highest BCUT2D eigenvalue weighted by atomic mass is 35.5. The minimum absolute atomic E-state index is 0.00168. The number of nitrogens with zero attached hydrogens (tertiary/aromatic N) is 1. The van der Waals surface area contributed by atoms with Gasteiger partial charge in [-0.25, -0.2) is 8.78 Å². The van der Waals surface area contributed by atoms with Crippen molar-refractivity contribution < 1.29 is 18.5 Å². The summed E-state index contributed by atoms with van der Waals surface area (Å²) in [6, 6.07) is 6.45. The molecule has 0 saturated carbocycles. The van der Waals surface area contributed by atoms with Crippen LogP contribution in [-0.4, -0.2) is 17.4 Å². The quantitative estimate of drug-likeness (QED) is 0.599. The van der Waals surface area contributed by atoms with Crippen molar-refractivity contribution in [2.45, 2.75) is 13.0 Å². The van der Waals surface area contributed by atoms with Gasteiger partial charge in [0.15, 0.2) is 0 Å². The Morgan fingerprint density at radius 2 is 2.00 bits per heavy atom. The summed E-state index contributed by atoms with van der Waals surface area (Å²) in [6.45, 7) is 1.38. The van der Waals surface area contributed by atoms with Gasteiger partial charge < -0.3 is 10.6 Å². The number of anilines is 1. The molecule has 2 N–H and O–H groups in total. The Hall–Kier alpha value is -2.58. The Labute approximate surface area is 146 Å². The minimum Gasteiger partial charge on any atom is -0.319 e. The third-order valence-electron chi connectivity index (χ3n) is 3.43. The standard InChI is InChI=1S/C16H14ClF2N3O3/c1-9(12-4-3-11(18)7-13(12)19)20-8-16(23)21-14-5-2-10(17)6-15(14)22(24)25/h2-7,9,20H,8H2,1H3,(H,21,23)/t9-/m1/s1. The molecule has 0 aliphatic carbocycles. The van der Waals surface area contributed by atoms with Crippen LogP contribution in [0, 0.1) is 21.7 Å². The molecule has 2 aromatic rings. The fraction of sp³-hybridized carbons (Fsp3) is 0.188. The van der Waals surface area contributed by atoms with E-state index < -0.39 is 28.5 Å². The summed E-state index contributed by atoms with van der Waals surface area (Å²) in [6.07, 6.45) is 0. The Bertz CT molecular complexity index is 817. The van der Waals surface area contributed by atoms with Crippen molar-refractivity contribution in [3.8, 4) is 0 Å². The zero-order valence-electron chi connectivity index (χ0n) is 13.1. The monoisotopic (exact) mass is 369 g/mol. The third-order valence-corrected chi connectivity index (χ3v) is 3.66. The normalized spacial score (nSPS) is 11.8. The summed E-state index contributed by atoms with van der Waals surface area (Å²) in [5.41, 5.74) is -0.132. The second kappa shape index (κ2) is 8.00. The summed E-state index contributed by atoms with van der Waals surface area (Å²) in [7, 11) is 0. The summed E-state index contributed by atoms with van der Waals surface area (Å²) < 4.78 is 26.6. The molecule has 0 unspecified atom stereocenters. The zero-order valence-corrected chi connectivity index (χ0v) is 13.8. The maximum absolute atomic E-state index is 13.7. The highest BCUT2D eigenvalue weighted by molar-refractivity contribution is 6.31. The fourth-order valence-corrected chi connectivity index (χ4v) is 2.33. The summed E-state index contributed by atoms with van der Waals surface area (Å²) >= 11 is 5.70. The lowest BCUT2D eigenvalue weighted by Crippen LogP contribution is -2.30. The third kappa shape index (κ3) is 4.94. The van der Waals surface area contributed by atoms with Crippen molar-refractivity contribution >= 4 is 28.9 Å². The topological polar surface area (TPSA) is 84.3 Å². The van der Waals surface area contributed by atoms with E-state index in [0.717, 1.165) is 18.2 Å². The largest absolute Gasteiger partial charge is 0.319 e. The molecule has 9 heteroatoms. The molecule has 0 saturated heterocycles. The van der Waals surface area contributed by atoms with Gasteiger partial charge in [0.2, 0.25) is 5.91 Å².